The van der Waals surface area contributed by atoms with Crippen LogP contribution in [0.15, 0.2) is 23.0 Å². The molecule has 2 aromatic heterocycles. The Morgan fingerprint density at radius 3 is 2.71 bits per heavy atom. The summed E-state index contributed by atoms with van der Waals surface area (Å²) >= 11 is 0. The number of morpholine rings is 1. The molecule has 0 radical (unpaired) electrons. The van der Waals surface area contributed by atoms with Gasteiger partial charge in [-0.25, -0.2) is 14.2 Å². The number of aromatic nitrogens is 2. The minimum Gasteiger partial charge on any atom is -0.458 e. The van der Waals surface area contributed by atoms with Gasteiger partial charge in [-0.2, -0.15) is 0 Å². The predicted octanol–water partition coefficient (Wildman–Crippen LogP) is 1.63. The van der Waals surface area contributed by atoms with Crippen molar-refractivity contribution < 1.29 is 23.8 Å². The van der Waals surface area contributed by atoms with E-state index in [0.717, 1.165) is 29.6 Å². The van der Waals surface area contributed by atoms with Gasteiger partial charge in [0, 0.05) is 42.2 Å². The van der Waals surface area contributed by atoms with Crippen LogP contribution in [0.3, 0.4) is 0 Å². The first-order chi connectivity index (χ1) is 16.8. The van der Waals surface area contributed by atoms with Crippen LogP contribution in [0.25, 0.3) is 22.3 Å². The van der Waals surface area contributed by atoms with E-state index < -0.39 is 17.4 Å². The normalized spacial score (nSPS) is 21.5. The van der Waals surface area contributed by atoms with Crippen LogP contribution in [-0.2, 0) is 39.6 Å². The van der Waals surface area contributed by atoms with Crippen LogP contribution < -0.4 is 11.3 Å². The fraction of sp³-hybridized carbons (Fsp3) is 0.400. The van der Waals surface area contributed by atoms with Gasteiger partial charge in [-0.05, 0) is 24.1 Å². The van der Waals surface area contributed by atoms with E-state index in [-0.39, 0.29) is 41.9 Å². The second-order valence-electron chi connectivity index (χ2n) is 9.30. The number of nitrogens with two attached hydrogens (primary N) is 1. The number of anilines is 1. The van der Waals surface area contributed by atoms with Gasteiger partial charge in [0.1, 0.15) is 12.4 Å². The van der Waals surface area contributed by atoms with Crippen molar-refractivity contribution in [2.45, 2.75) is 38.6 Å². The number of ether oxygens (including phenoxy) is 2. The van der Waals surface area contributed by atoms with Gasteiger partial charge in [0.15, 0.2) is 5.60 Å². The Bertz CT molecular complexity index is 1460. The lowest BCUT2D eigenvalue weighted by atomic mass is 9.86. The molecule has 0 bridgehead atoms. The lowest BCUT2D eigenvalue weighted by molar-refractivity contribution is -0.172. The fourth-order valence-electron chi connectivity index (χ4n) is 5.36. The quantitative estimate of drug-likeness (QED) is 0.335. The molecule has 0 amide bonds. The summed E-state index contributed by atoms with van der Waals surface area (Å²) in [5, 5.41) is 11.8. The minimum atomic E-state index is -1.90. The van der Waals surface area contributed by atoms with Gasteiger partial charge in [0.25, 0.3) is 5.56 Å². The summed E-state index contributed by atoms with van der Waals surface area (Å²) in [5.41, 5.74) is 7.48. The summed E-state index contributed by atoms with van der Waals surface area (Å²) in [6, 6.07) is 4.58. The van der Waals surface area contributed by atoms with Crippen LogP contribution >= 0.6 is 0 Å². The van der Waals surface area contributed by atoms with Crippen molar-refractivity contribution in [2.24, 2.45) is 0 Å². The molecule has 1 saturated heterocycles. The Morgan fingerprint density at radius 1 is 1.20 bits per heavy atom. The van der Waals surface area contributed by atoms with E-state index in [0.29, 0.717) is 36.7 Å². The standard InChI is InChI=1S/C25H25FN4O5/c1-2-25(33)17-8-21-22-15(11-30(21)23(31)16(17)12-35-24(25)32)14(10-29-3-5-34-6-4-29)13-7-19(27)18(26)9-20(13)28-22/h7-9,33H,2-6,10-12,27H2,1H3/t25-/m0/s1. The molecule has 10 heteroatoms. The number of fused-ring (bicyclic) bond motifs is 5. The van der Waals surface area contributed by atoms with Crippen molar-refractivity contribution in [3.63, 3.8) is 0 Å². The third-order valence-electron chi connectivity index (χ3n) is 7.41. The van der Waals surface area contributed by atoms with Crippen LogP contribution in [0.1, 0.15) is 35.6 Å². The molecule has 1 atom stereocenters. The van der Waals surface area contributed by atoms with E-state index in [1.54, 1.807) is 23.6 Å². The lowest BCUT2D eigenvalue weighted by Gasteiger charge is -2.31. The summed E-state index contributed by atoms with van der Waals surface area (Å²) in [6.07, 6.45) is 0.0620. The third-order valence-corrected chi connectivity index (χ3v) is 7.41. The number of nitrogen functional groups attached to an aromatic ring is 1. The monoisotopic (exact) mass is 480 g/mol. The molecule has 3 aliphatic rings. The average Bonchev–Trinajstić information content (AvgIpc) is 3.22. The summed E-state index contributed by atoms with van der Waals surface area (Å²) in [5.74, 6) is -1.33. The molecule has 9 nitrogen and oxygen atoms in total. The number of pyridine rings is 2. The maximum absolute atomic E-state index is 14.4. The molecule has 0 spiro atoms. The van der Waals surface area contributed by atoms with E-state index in [4.69, 9.17) is 20.2 Å². The van der Waals surface area contributed by atoms with Crippen LogP contribution in [0.2, 0.25) is 0 Å². The first-order valence-electron chi connectivity index (χ1n) is 11.7. The van der Waals surface area contributed by atoms with Crippen molar-refractivity contribution in [3.05, 3.63) is 56.6 Å². The fourth-order valence-corrected chi connectivity index (χ4v) is 5.36. The maximum atomic E-state index is 14.4. The van der Waals surface area contributed by atoms with Crippen LogP contribution in [0, 0.1) is 5.82 Å². The smallest absolute Gasteiger partial charge is 0.343 e. The van der Waals surface area contributed by atoms with Gasteiger partial charge in [-0.1, -0.05) is 6.92 Å². The van der Waals surface area contributed by atoms with Crippen molar-refractivity contribution in [2.75, 3.05) is 32.0 Å². The van der Waals surface area contributed by atoms with Crippen molar-refractivity contribution in [1.82, 2.24) is 14.5 Å². The number of benzene rings is 1. The molecule has 182 valence electrons. The third kappa shape index (κ3) is 3.20. The number of rotatable bonds is 3. The molecular formula is C25H25FN4O5. The Kier molecular flexibility index (Phi) is 4.96. The number of aliphatic hydroxyl groups is 1. The van der Waals surface area contributed by atoms with Gasteiger partial charge in [0.05, 0.1) is 47.9 Å². The topological polar surface area (TPSA) is 120 Å². The molecule has 1 aromatic carbocycles. The van der Waals surface area contributed by atoms with Gasteiger partial charge in [-0.3, -0.25) is 9.69 Å². The predicted molar refractivity (Wildman–Crippen MR) is 125 cm³/mol. The van der Waals surface area contributed by atoms with Gasteiger partial charge in [0.2, 0.25) is 0 Å². The highest BCUT2D eigenvalue weighted by atomic mass is 19.1. The van der Waals surface area contributed by atoms with E-state index in [9.17, 15) is 19.1 Å². The molecule has 0 aliphatic carbocycles. The number of hydrogen-bond acceptors (Lipinski definition) is 8. The summed E-state index contributed by atoms with van der Waals surface area (Å²) in [7, 11) is 0. The first-order valence-corrected chi connectivity index (χ1v) is 11.7. The Morgan fingerprint density at radius 2 is 1.97 bits per heavy atom. The molecule has 35 heavy (non-hydrogen) atoms. The van der Waals surface area contributed by atoms with Gasteiger partial charge in [-0.15, -0.1) is 0 Å². The highest BCUT2D eigenvalue weighted by molar-refractivity contribution is 5.91. The molecule has 3 aliphatic heterocycles. The number of carbonyl (C=O) groups excluding carboxylic acids is 1. The second-order valence-corrected chi connectivity index (χ2v) is 9.30. The van der Waals surface area contributed by atoms with Crippen molar-refractivity contribution in [1.29, 1.82) is 0 Å². The lowest BCUT2D eigenvalue weighted by Crippen LogP contribution is -2.44. The largest absolute Gasteiger partial charge is 0.458 e. The number of nitrogens with zero attached hydrogens (tertiary/aromatic N) is 3. The number of halogens is 1. The van der Waals surface area contributed by atoms with Crippen LogP contribution in [0.5, 0.6) is 0 Å². The molecule has 3 N–H and O–H groups in total. The number of carbonyl (C=O) groups is 1. The SMILES string of the molecule is CC[C@@]1(O)C(=O)OCc2c1cc1n(c2=O)Cc2c-1nc1cc(F)c(N)cc1c2CN1CCOCC1. The summed E-state index contributed by atoms with van der Waals surface area (Å²) in [6.45, 7) is 5.06. The Balaban J connectivity index is 1.60. The molecule has 1 fully saturated rings. The molecule has 6 rings (SSSR count). The first kappa shape index (κ1) is 22.1. The summed E-state index contributed by atoms with van der Waals surface area (Å²) < 4.78 is 26.7. The zero-order chi connectivity index (χ0) is 24.5. The highest BCUT2D eigenvalue weighted by Gasteiger charge is 2.45. The van der Waals surface area contributed by atoms with E-state index in [1.807, 2.05) is 0 Å². The van der Waals surface area contributed by atoms with Crippen LogP contribution in [0.4, 0.5) is 10.1 Å². The van der Waals surface area contributed by atoms with Gasteiger partial charge >= 0.3 is 5.97 Å². The number of hydrogen-bond donors (Lipinski definition) is 2. The van der Waals surface area contributed by atoms with Crippen LogP contribution in [-0.4, -0.2) is 51.8 Å². The highest BCUT2D eigenvalue weighted by Crippen LogP contribution is 2.41. The second kappa shape index (κ2) is 7.84. The van der Waals surface area contributed by atoms with E-state index in [1.165, 1.54) is 6.07 Å². The molecular weight excluding hydrogens is 455 g/mol. The Hall–Kier alpha value is -3.34. The molecule has 5 heterocycles. The average molecular weight is 480 g/mol. The molecule has 3 aromatic rings. The zero-order valence-electron chi connectivity index (χ0n) is 19.3. The van der Waals surface area contributed by atoms with Gasteiger partial charge < -0.3 is 24.9 Å². The molecule has 0 saturated carbocycles. The molecule has 0 unspecified atom stereocenters. The Labute approximate surface area is 199 Å². The van der Waals surface area contributed by atoms with E-state index in [2.05, 4.69) is 4.90 Å². The maximum Gasteiger partial charge on any atom is 0.343 e. The minimum absolute atomic E-state index is 0.0364. The van der Waals surface area contributed by atoms with Crippen molar-refractivity contribution >= 4 is 22.6 Å². The number of esters is 1. The number of cyclic esters (lactones) is 1. The summed E-state index contributed by atoms with van der Waals surface area (Å²) in [4.78, 5) is 32.9. The van der Waals surface area contributed by atoms with E-state index >= 15 is 0 Å². The zero-order valence-corrected chi connectivity index (χ0v) is 19.3. The van der Waals surface area contributed by atoms with Crippen molar-refractivity contribution in [3.8, 4) is 11.4 Å².